The van der Waals surface area contributed by atoms with Crippen LogP contribution in [0.15, 0.2) is 85.0 Å². The van der Waals surface area contributed by atoms with E-state index in [9.17, 15) is 9.90 Å². The summed E-state index contributed by atoms with van der Waals surface area (Å²) in [6, 6.07) is 19.5. The van der Waals surface area contributed by atoms with Crippen LogP contribution in [-0.4, -0.2) is 30.0 Å². The minimum absolute atomic E-state index is 0. The number of benzene rings is 1. The van der Waals surface area contributed by atoms with Crippen LogP contribution in [0.1, 0.15) is 5.56 Å². The molecule has 1 aliphatic carbocycles. The maximum absolute atomic E-state index is 12.9. The van der Waals surface area contributed by atoms with Gasteiger partial charge in [0.25, 0.3) is 0 Å². The van der Waals surface area contributed by atoms with Crippen molar-refractivity contribution in [2.24, 2.45) is 0 Å². The van der Waals surface area contributed by atoms with Crippen LogP contribution in [0.5, 0.6) is 0 Å². The number of hydrogen-bond donors (Lipinski definition) is 0. The van der Waals surface area contributed by atoms with Crippen LogP contribution in [0.2, 0.25) is 0 Å². The Kier molecular flexibility index (Phi) is 7.08. The normalized spacial score (nSPS) is 14.2. The first-order chi connectivity index (χ1) is 15.0. The molecule has 2 aliphatic rings. The van der Waals surface area contributed by atoms with E-state index >= 15 is 0 Å². The first-order valence-electron chi connectivity index (χ1n) is 10.0. The number of carbonyl (C=O) groups is 1. The Morgan fingerprint density at radius 2 is 1.66 bits per heavy atom. The molecule has 0 spiro atoms. The second-order valence-electron chi connectivity index (χ2n) is 7.46. The summed E-state index contributed by atoms with van der Waals surface area (Å²) >= 11 is 0. The van der Waals surface area contributed by atoms with Gasteiger partial charge in [-0.05, 0) is 30.0 Å². The van der Waals surface area contributed by atoms with Crippen molar-refractivity contribution in [3.63, 3.8) is 0 Å². The van der Waals surface area contributed by atoms with Gasteiger partial charge in [0.1, 0.15) is 5.82 Å². The van der Waals surface area contributed by atoms with Crippen molar-refractivity contribution < 1.29 is 27.0 Å². The molecule has 162 valence electrons. The molecule has 32 heavy (non-hydrogen) atoms. The molecular formula is C26H23FeN3O2. The van der Waals surface area contributed by atoms with Crippen LogP contribution in [0.25, 0.3) is 22.6 Å². The van der Waals surface area contributed by atoms with Gasteiger partial charge >= 0.3 is 23.1 Å². The topological polar surface area (TPSA) is 59.5 Å². The second-order valence-corrected chi connectivity index (χ2v) is 7.46. The van der Waals surface area contributed by atoms with Gasteiger partial charge in [0.2, 0.25) is 0 Å². The zero-order valence-electron chi connectivity index (χ0n) is 18.1. The van der Waals surface area contributed by atoms with Crippen molar-refractivity contribution in [1.29, 1.82) is 0 Å². The number of pyridine rings is 1. The number of urea groups is 1. The Labute approximate surface area is 198 Å². The Morgan fingerprint density at radius 1 is 0.969 bits per heavy atom. The Hall–Kier alpha value is -3.47. The van der Waals surface area contributed by atoms with Crippen molar-refractivity contribution in [3.05, 3.63) is 101 Å². The van der Waals surface area contributed by atoms with Gasteiger partial charge in [-0.3, -0.25) is 4.90 Å². The summed E-state index contributed by atoms with van der Waals surface area (Å²) < 4.78 is 0. The van der Waals surface area contributed by atoms with Crippen molar-refractivity contribution in [2.45, 2.75) is 6.92 Å². The minimum atomic E-state index is -0.384. The van der Waals surface area contributed by atoms with Crippen LogP contribution in [0, 0.1) is 6.92 Å². The molecule has 0 fully saturated rings. The van der Waals surface area contributed by atoms with E-state index in [4.69, 9.17) is 0 Å². The van der Waals surface area contributed by atoms with Gasteiger partial charge in [-0.25, -0.2) is 21.9 Å². The molecule has 0 atom stereocenters. The van der Waals surface area contributed by atoms with E-state index in [1.807, 2.05) is 91.9 Å². The third-order valence-corrected chi connectivity index (χ3v) is 5.25. The Balaban J connectivity index is 0.000000427. The molecule has 1 aliphatic heterocycles. The Morgan fingerprint density at radius 3 is 2.25 bits per heavy atom. The van der Waals surface area contributed by atoms with Gasteiger partial charge in [0, 0.05) is 24.9 Å². The standard InChI is InChI=1S/C21H19N3O2.C5H5.Fe/c1-13-7-6-10-15(11-13)16-12-17(14-8-4-5-9-14)22-19-18(16)20(25)24(3)21(26)23(19)2;1-2-4-5-3-1;/h4-12,25H,1-3H3;1-5H;/q;-1;+2/p-1. The van der Waals surface area contributed by atoms with E-state index < -0.39 is 0 Å². The van der Waals surface area contributed by atoms with Crippen LogP contribution in [0.3, 0.4) is 0 Å². The van der Waals surface area contributed by atoms with E-state index in [1.165, 1.54) is 11.9 Å². The number of hydrogen-bond acceptors (Lipinski definition) is 3. The molecule has 5 rings (SSSR count). The number of rotatable bonds is 1. The van der Waals surface area contributed by atoms with Crippen molar-refractivity contribution in [2.75, 3.05) is 19.0 Å². The first kappa shape index (κ1) is 23.2. The fourth-order valence-electron chi connectivity index (χ4n) is 3.61. The zero-order valence-corrected chi connectivity index (χ0v) is 19.2. The zero-order chi connectivity index (χ0) is 22.0. The maximum Gasteiger partial charge on any atom is 2.00 e. The summed E-state index contributed by atoms with van der Waals surface area (Å²) in [5, 5.41) is 14.1. The average molecular weight is 465 g/mol. The quantitative estimate of drug-likeness (QED) is 0.410. The van der Waals surface area contributed by atoms with Gasteiger partial charge in [0.05, 0.1) is 5.35 Å². The third-order valence-electron chi connectivity index (χ3n) is 5.25. The van der Waals surface area contributed by atoms with E-state index in [0.29, 0.717) is 11.0 Å². The van der Waals surface area contributed by atoms with Gasteiger partial charge in [0.15, 0.2) is 0 Å². The molecule has 0 unspecified atom stereocenters. The average Bonchev–Trinajstić information content (AvgIpc) is 3.52. The molecule has 0 saturated heterocycles. The molecule has 0 bridgehead atoms. The number of aryl methyl sites for hydroxylation is 1. The summed E-state index contributed by atoms with van der Waals surface area (Å²) in [5.74, 6) is 0.0643. The van der Waals surface area contributed by atoms with E-state index in [-0.39, 0.29) is 29.0 Å². The molecule has 3 aromatic rings. The minimum Gasteiger partial charge on any atom is -0.859 e. The molecule has 6 heteroatoms. The van der Waals surface area contributed by atoms with Crippen LogP contribution >= 0.6 is 0 Å². The SMILES string of the molecule is Cc1cccc(-c2cc(=C3C=CC=C3)nc3c2=C([O-])N(C)C(=O)N3C)c1.[Fe+2].c1cc[cH-]c1. The summed E-state index contributed by atoms with van der Waals surface area (Å²) in [4.78, 5) is 19.6. The largest absolute Gasteiger partial charge is 2.00 e. The summed E-state index contributed by atoms with van der Waals surface area (Å²) in [5.41, 5.74) is 3.77. The summed E-state index contributed by atoms with van der Waals surface area (Å²) in [6.07, 6.45) is 7.81. The molecule has 0 N–H and O–H groups in total. The second kappa shape index (κ2) is 9.77. The molecule has 2 amide bonds. The number of fused-ring (bicyclic) bond motifs is 1. The monoisotopic (exact) mass is 465 g/mol. The number of amides is 2. The van der Waals surface area contributed by atoms with Gasteiger partial charge in [-0.1, -0.05) is 54.1 Å². The summed E-state index contributed by atoms with van der Waals surface area (Å²) in [6.45, 7) is 2.01. The fraction of sp³-hybridized carbons (Fsp3) is 0.115. The molecular weight excluding hydrogens is 442 g/mol. The summed E-state index contributed by atoms with van der Waals surface area (Å²) in [7, 11) is 3.14. The molecule has 1 aromatic heterocycles. The smallest absolute Gasteiger partial charge is 0.859 e. The van der Waals surface area contributed by atoms with Crippen LogP contribution in [0.4, 0.5) is 10.6 Å². The third kappa shape index (κ3) is 4.42. The molecule has 2 aromatic carbocycles. The maximum atomic E-state index is 12.9. The predicted molar refractivity (Wildman–Crippen MR) is 122 cm³/mol. The van der Waals surface area contributed by atoms with Crippen LogP contribution < -0.4 is 20.6 Å². The van der Waals surface area contributed by atoms with Crippen molar-refractivity contribution in [1.82, 2.24) is 9.88 Å². The van der Waals surface area contributed by atoms with Crippen molar-refractivity contribution >= 4 is 23.3 Å². The fourth-order valence-corrected chi connectivity index (χ4v) is 3.61. The first-order valence-corrected chi connectivity index (χ1v) is 10.0. The number of anilines is 1. The molecule has 0 saturated carbocycles. The number of carbonyl (C=O) groups excluding carboxylic acids is 1. The Bertz CT molecular complexity index is 1280. The molecule has 5 nitrogen and oxygen atoms in total. The van der Waals surface area contributed by atoms with Gasteiger partial charge < -0.3 is 10.0 Å². The van der Waals surface area contributed by atoms with E-state index in [2.05, 4.69) is 4.98 Å². The predicted octanol–water partition coefficient (Wildman–Crippen LogP) is 2.66. The molecule has 2 heterocycles. The molecule has 0 radical (unpaired) electrons. The number of aromatic nitrogens is 1. The van der Waals surface area contributed by atoms with Gasteiger partial charge in [-0.15, -0.1) is 0 Å². The van der Waals surface area contributed by atoms with E-state index in [0.717, 1.165) is 32.5 Å². The van der Waals surface area contributed by atoms with Crippen molar-refractivity contribution in [3.8, 4) is 11.1 Å². The van der Waals surface area contributed by atoms with E-state index in [1.54, 1.807) is 7.05 Å². The van der Waals surface area contributed by atoms with Crippen LogP contribution in [-0.2, 0) is 17.1 Å². The number of allylic oxidation sites excluding steroid dienone is 4. The van der Waals surface area contributed by atoms with Gasteiger partial charge in [-0.2, -0.15) is 18.2 Å². The number of nitrogens with zero attached hydrogens (tertiary/aromatic N) is 3.